The van der Waals surface area contributed by atoms with E-state index in [0.717, 1.165) is 42.9 Å². The highest BCUT2D eigenvalue weighted by molar-refractivity contribution is 6.02. The number of hydrogen-bond acceptors (Lipinski definition) is 3. The van der Waals surface area contributed by atoms with Gasteiger partial charge in [0.25, 0.3) is 0 Å². The molecule has 1 aromatic carbocycles. The van der Waals surface area contributed by atoms with Crippen molar-refractivity contribution in [3.05, 3.63) is 30.0 Å². The van der Waals surface area contributed by atoms with Gasteiger partial charge in [-0.05, 0) is 12.1 Å². The second-order valence-electron chi connectivity index (χ2n) is 4.96. The molecule has 2 heterocycles. The molecule has 19 heavy (non-hydrogen) atoms. The van der Waals surface area contributed by atoms with Crippen molar-refractivity contribution in [1.29, 1.82) is 0 Å². The first-order valence-electron chi connectivity index (χ1n) is 6.60. The molecule has 3 rings (SSSR count). The van der Waals surface area contributed by atoms with Crippen molar-refractivity contribution in [3.63, 3.8) is 0 Å². The summed E-state index contributed by atoms with van der Waals surface area (Å²) in [5, 5.41) is 1.12. The van der Waals surface area contributed by atoms with Crippen LogP contribution in [-0.4, -0.2) is 36.7 Å². The summed E-state index contributed by atoms with van der Waals surface area (Å²) in [6.45, 7) is 4.95. The number of Topliss-reactive ketones (excluding diaryl/α,β-unsaturated/α-hetero) is 1. The number of aromatic nitrogens is 1. The van der Waals surface area contributed by atoms with E-state index in [0.29, 0.717) is 0 Å². The first-order valence-corrected chi connectivity index (χ1v) is 6.60. The minimum Gasteiger partial charge on any atom is -0.378 e. The topological polar surface area (TPSA) is 34.5 Å². The molecule has 0 spiro atoms. The zero-order valence-corrected chi connectivity index (χ0v) is 11.3. The van der Waals surface area contributed by atoms with Crippen LogP contribution in [0.3, 0.4) is 0 Å². The fourth-order valence-corrected chi connectivity index (χ4v) is 2.79. The summed E-state index contributed by atoms with van der Waals surface area (Å²) < 4.78 is 7.41. The Kier molecular flexibility index (Phi) is 3.03. The smallest absolute Gasteiger partial charge is 0.176 e. The molecule has 1 saturated heterocycles. The number of nitrogens with zero attached hydrogens (tertiary/aromatic N) is 2. The SMILES string of the molecule is CC(=O)c1cc2cccc(N3CCOCC3)c2n1C. The Morgan fingerprint density at radius 1 is 1.26 bits per heavy atom. The summed E-state index contributed by atoms with van der Waals surface area (Å²) >= 11 is 0. The van der Waals surface area contributed by atoms with E-state index in [1.165, 1.54) is 5.69 Å². The molecule has 0 unspecified atom stereocenters. The van der Waals surface area contributed by atoms with Crippen LogP contribution in [0.15, 0.2) is 24.3 Å². The molecule has 1 aliphatic heterocycles. The van der Waals surface area contributed by atoms with Gasteiger partial charge in [0.15, 0.2) is 5.78 Å². The average Bonchev–Trinajstić information content (AvgIpc) is 2.78. The summed E-state index contributed by atoms with van der Waals surface area (Å²) in [4.78, 5) is 14.0. The van der Waals surface area contributed by atoms with Crippen LogP contribution >= 0.6 is 0 Å². The maximum absolute atomic E-state index is 11.7. The molecule has 0 aliphatic carbocycles. The molecule has 0 radical (unpaired) electrons. The number of fused-ring (bicyclic) bond motifs is 1. The van der Waals surface area contributed by atoms with Crippen molar-refractivity contribution >= 4 is 22.4 Å². The van der Waals surface area contributed by atoms with Gasteiger partial charge in [-0.2, -0.15) is 0 Å². The molecule has 0 amide bonds. The number of carbonyl (C=O) groups excluding carboxylic acids is 1. The Morgan fingerprint density at radius 2 is 2.00 bits per heavy atom. The molecule has 1 fully saturated rings. The van der Waals surface area contributed by atoms with Crippen LogP contribution in [0.2, 0.25) is 0 Å². The van der Waals surface area contributed by atoms with E-state index < -0.39 is 0 Å². The Labute approximate surface area is 112 Å². The number of rotatable bonds is 2. The summed E-state index contributed by atoms with van der Waals surface area (Å²) in [6, 6.07) is 8.21. The van der Waals surface area contributed by atoms with E-state index in [1.807, 2.05) is 17.7 Å². The van der Waals surface area contributed by atoms with Crippen LogP contribution in [0.1, 0.15) is 17.4 Å². The zero-order chi connectivity index (χ0) is 13.4. The predicted molar refractivity (Wildman–Crippen MR) is 76.0 cm³/mol. The second-order valence-corrected chi connectivity index (χ2v) is 4.96. The number of anilines is 1. The van der Waals surface area contributed by atoms with Gasteiger partial charge in [-0.25, -0.2) is 0 Å². The highest BCUT2D eigenvalue weighted by atomic mass is 16.5. The monoisotopic (exact) mass is 258 g/mol. The third-order valence-corrected chi connectivity index (χ3v) is 3.75. The minimum atomic E-state index is 0.103. The molecular weight excluding hydrogens is 240 g/mol. The van der Waals surface area contributed by atoms with Gasteiger partial charge in [-0.15, -0.1) is 0 Å². The van der Waals surface area contributed by atoms with Gasteiger partial charge < -0.3 is 14.2 Å². The number of aryl methyl sites for hydroxylation is 1. The van der Waals surface area contributed by atoms with E-state index in [-0.39, 0.29) is 5.78 Å². The van der Waals surface area contributed by atoms with Crippen molar-refractivity contribution in [3.8, 4) is 0 Å². The van der Waals surface area contributed by atoms with Crippen molar-refractivity contribution in [2.24, 2.45) is 7.05 Å². The van der Waals surface area contributed by atoms with Crippen LogP contribution in [-0.2, 0) is 11.8 Å². The third kappa shape index (κ3) is 2.02. The molecule has 0 N–H and O–H groups in total. The molecule has 4 heteroatoms. The van der Waals surface area contributed by atoms with Crippen LogP contribution in [0, 0.1) is 0 Å². The van der Waals surface area contributed by atoms with Crippen LogP contribution in [0.25, 0.3) is 10.9 Å². The number of ketones is 1. The van der Waals surface area contributed by atoms with Gasteiger partial charge in [0, 0.05) is 32.4 Å². The van der Waals surface area contributed by atoms with E-state index in [9.17, 15) is 4.79 Å². The third-order valence-electron chi connectivity index (χ3n) is 3.75. The Bertz CT molecular complexity index is 624. The van der Waals surface area contributed by atoms with Gasteiger partial charge in [0.1, 0.15) is 0 Å². The van der Waals surface area contributed by atoms with E-state index >= 15 is 0 Å². The quantitative estimate of drug-likeness (QED) is 0.775. The van der Waals surface area contributed by atoms with Crippen LogP contribution < -0.4 is 4.90 Å². The van der Waals surface area contributed by atoms with Crippen molar-refractivity contribution in [2.45, 2.75) is 6.92 Å². The maximum Gasteiger partial charge on any atom is 0.176 e. The standard InChI is InChI=1S/C15H18N2O2/c1-11(18)14-10-12-4-3-5-13(15(12)16(14)2)17-6-8-19-9-7-17/h3-5,10H,6-9H2,1-2H3. The molecule has 0 atom stereocenters. The second kappa shape index (κ2) is 4.70. The largest absolute Gasteiger partial charge is 0.378 e. The highest BCUT2D eigenvalue weighted by Crippen LogP contribution is 2.29. The number of carbonyl (C=O) groups is 1. The van der Waals surface area contributed by atoms with Crippen molar-refractivity contribution in [1.82, 2.24) is 4.57 Å². The first kappa shape index (κ1) is 12.2. The first-order chi connectivity index (χ1) is 9.18. The number of para-hydroxylation sites is 1. The summed E-state index contributed by atoms with van der Waals surface area (Å²) in [7, 11) is 1.96. The lowest BCUT2D eigenvalue weighted by molar-refractivity contribution is 0.101. The lowest BCUT2D eigenvalue weighted by Crippen LogP contribution is -2.36. The van der Waals surface area contributed by atoms with E-state index in [4.69, 9.17) is 4.74 Å². The predicted octanol–water partition coefficient (Wildman–Crippen LogP) is 2.22. The number of hydrogen-bond donors (Lipinski definition) is 0. The maximum atomic E-state index is 11.7. The fraction of sp³-hybridized carbons (Fsp3) is 0.400. The van der Waals surface area contributed by atoms with Gasteiger partial charge in [0.05, 0.1) is 30.1 Å². The normalized spacial score (nSPS) is 16.0. The lowest BCUT2D eigenvalue weighted by Gasteiger charge is -2.29. The zero-order valence-electron chi connectivity index (χ0n) is 11.3. The molecular formula is C15H18N2O2. The van der Waals surface area contributed by atoms with Gasteiger partial charge in [0.2, 0.25) is 0 Å². The molecule has 1 aromatic heterocycles. The Hall–Kier alpha value is -1.81. The number of morpholine rings is 1. The molecule has 4 nitrogen and oxygen atoms in total. The number of benzene rings is 1. The van der Waals surface area contributed by atoms with Crippen LogP contribution in [0.5, 0.6) is 0 Å². The van der Waals surface area contributed by atoms with Crippen molar-refractivity contribution in [2.75, 3.05) is 31.2 Å². The lowest BCUT2D eigenvalue weighted by atomic mass is 10.2. The van der Waals surface area contributed by atoms with E-state index in [1.54, 1.807) is 6.92 Å². The molecule has 0 saturated carbocycles. The van der Waals surface area contributed by atoms with Gasteiger partial charge >= 0.3 is 0 Å². The summed E-state index contributed by atoms with van der Waals surface area (Å²) in [5.41, 5.74) is 3.08. The van der Waals surface area contributed by atoms with Gasteiger partial charge in [-0.1, -0.05) is 12.1 Å². The van der Waals surface area contributed by atoms with E-state index in [2.05, 4.69) is 23.1 Å². The molecule has 100 valence electrons. The average molecular weight is 258 g/mol. The Balaban J connectivity index is 2.16. The summed E-state index contributed by atoms with van der Waals surface area (Å²) in [5.74, 6) is 0.103. The van der Waals surface area contributed by atoms with Gasteiger partial charge in [-0.3, -0.25) is 4.79 Å². The molecule has 2 aromatic rings. The summed E-state index contributed by atoms with van der Waals surface area (Å²) in [6.07, 6.45) is 0. The minimum absolute atomic E-state index is 0.103. The van der Waals surface area contributed by atoms with Crippen LogP contribution in [0.4, 0.5) is 5.69 Å². The highest BCUT2D eigenvalue weighted by Gasteiger charge is 2.18. The van der Waals surface area contributed by atoms with Crippen molar-refractivity contribution < 1.29 is 9.53 Å². The fourth-order valence-electron chi connectivity index (χ4n) is 2.79. The Morgan fingerprint density at radius 3 is 2.68 bits per heavy atom. The molecule has 1 aliphatic rings. The number of ether oxygens (including phenoxy) is 1. The molecule has 0 bridgehead atoms.